The minimum absolute atomic E-state index is 0.833. The van der Waals surface area contributed by atoms with Crippen molar-refractivity contribution in [1.29, 1.82) is 0 Å². The third-order valence-electron chi connectivity index (χ3n) is 1.96. The van der Waals surface area contributed by atoms with Gasteiger partial charge in [-0.1, -0.05) is 0 Å². The van der Waals surface area contributed by atoms with Crippen LogP contribution in [0.5, 0.6) is 5.75 Å². The third kappa shape index (κ3) is 1.65. The number of aromatic amines is 1. The van der Waals surface area contributed by atoms with Gasteiger partial charge in [-0.2, -0.15) is 0 Å². The Bertz CT molecular complexity index is 426. The molecule has 1 N–H and O–H groups in total. The molecule has 0 aliphatic rings. The molecule has 0 amide bonds. The highest BCUT2D eigenvalue weighted by Gasteiger charge is 2.04. The van der Waals surface area contributed by atoms with Gasteiger partial charge < -0.3 is 9.72 Å². The molecular weight excluding hydrogens is 244 g/mol. The average Bonchev–Trinajstić information content (AvgIpc) is 2.70. The quantitative estimate of drug-likeness (QED) is 0.893. The van der Waals surface area contributed by atoms with E-state index in [0.29, 0.717) is 0 Å². The fourth-order valence-corrected chi connectivity index (χ4v) is 1.82. The monoisotopic (exact) mass is 252 g/mol. The Morgan fingerprint density at radius 1 is 1.43 bits per heavy atom. The van der Waals surface area contributed by atoms with Crippen LogP contribution < -0.4 is 4.74 Å². The molecular formula is C10H9BrN2O. The van der Waals surface area contributed by atoms with Crippen LogP contribution in [0.2, 0.25) is 0 Å². The van der Waals surface area contributed by atoms with Crippen molar-refractivity contribution in [2.24, 2.45) is 0 Å². The van der Waals surface area contributed by atoms with Gasteiger partial charge >= 0.3 is 0 Å². The van der Waals surface area contributed by atoms with Gasteiger partial charge in [0.2, 0.25) is 0 Å². The number of halogens is 1. The van der Waals surface area contributed by atoms with Crippen molar-refractivity contribution in [2.75, 3.05) is 7.11 Å². The van der Waals surface area contributed by atoms with E-state index in [-0.39, 0.29) is 0 Å². The highest BCUT2D eigenvalue weighted by atomic mass is 79.9. The second-order valence-electron chi connectivity index (χ2n) is 2.81. The van der Waals surface area contributed by atoms with Crippen molar-refractivity contribution in [1.82, 2.24) is 9.97 Å². The molecule has 2 rings (SSSR count). The topological polar surface area (TPSA) is 37.9 Å². The largest absolute Gasteiger partial charge is 0.497 e. The minimum atomic E-state index is 0.833. The SMILES string of the molecule is COc1ccc(-c2cnc[nH]2)c(Br)c1. The molecule has 72 valence electrons. The maximum Gasteiger partial charge on any atom is 0.120 e. The smallest absolute Gasteiger partial charge is 0.120 e. The maximum absolute atomic E-state index is 5.11. The molecule has 0 saturated heterocycles. The standard InChI is InChI=1S/C10H9BrN2O/c1-14-7-2-3-8(9(11)4-7)10-5-12-6-13-10/h2-6H,1H3,(H,12,13). The molecule has 0 bridgehead atoms. The predicted octanol–water partition coefficient (Wildman–Crippen LogP) is 2.85. The van der Waals surface area contributed by atoms with E-state index in [2.05, 4.69) is 25.9 Å². The first-order chi connectivity index (χ1) is 6.81. The number of H-pyrrole nitrogens is 1. The lowest BCUT2D eigenvalue weighted by atomic mass is 10.2. The molecule has 0 aliphatic carbocycles. The van der Waals surface area contributed by atoms with E-state index < -0.39 is 0 Å². The lowest BCUT2D eigenvalue weighted by Gasteiger charge is -2.04. The van der Waals surface area contributed by atoms with Crippen LogP contribution in [-0.2, 0) is 0 Å². The van der Waals surface area contributed by atoms with Gasteiger partial charge in [0.1, 0.15) is 5.75 Å². The van der Waals surface area contributed by atoms with Crippen LogP contribution in [0, 0.1) is 0 Å². The van der Waals surface area contributed by atoms with Crippen molar-refractivity contribution in [2.45, 2.75) is 0 Å². The summed E-state index contributed by atoms with van der Waals surface area (Å²) in [5.41, 5.74) is 2.06. The molecule has 0 spiro atoms. The molecule has 1 heterocycles. The van der Waals surface area contributed by atoms with Gasteiger partial charge in [-0.25, -0.2) is 4.98 Å². The van der Waals surface area contributed by atoms with Gasteiger partial charge in [-0.3, -0.25) is 0 Å². The van der Waals surface area contributed by atoms with E-state index in [9.17, 15) is 0 Å². The van der Waals surface area contributed by atoms with Gasteiger partial charge in [0.15, 0.2) is 0 Å². The van der Waals surface area contributed by atoms with Crippen LogP contribution in [0.3, 0.4) is 0 Å². The second kappa shape index (κ2) is 3.84. The number of imidazole rings is 1. The summed E-state index contributed by atoms with van der Waals surface area (Å²) in [5, 5.41) is 0. The molecule has 0 fully saturated rings. The Hall–Kier alpha value is -1.29. The van der Waals surface area contributed by atoms with Crippen LogP contribution in [0.1, 0.15) is 0 Å². The number of benzene rings is 1. The van der Waals surface area contributed by atoms with Crippen molar-refractivity contribution in [3.8, 4) is 17.0 Å². The highest BCUT2D eigenvalue weighted by Crippen LogP contribution is 2.29. The van der Waals surface area contributed by atoms with Gasteiger partial charge in [0, 0.05) is 10.0 Å². The molecule has 0 radical (unpaired) electrons. The number of rotatable bonds is 2. The normalized spacial score (nSPS) is 10.1. The van der Waals surface area contributed by atoms with Crippen molar-refractivity contribution < 1.29 is 4.74 Å². The fourth-order valence-electron chi connectivity index (χ4n) is 1.24. The molecule has 3 nitrogen and oxygen atoms in total. The Kier molecular flexibility index (Phi) is 2.54. The molecule has 0 aliphatic heterocycles. The van der Waals surface area contributed by atoms with Gasteiger partial charge in [0.05, 0.1) is 25.3 Å². The zero-order valence-corrected chi connectivity index (χ0v) is 9.21. The number of nitrogens with zero attached hydrogens (tertiary/aromatic N) is 1. The Morgan fingerprint density at radius 3 is 2.86 bits per heavy atom. The van der Waals surface area contributed by atoms with Crippen molar-refractivity contribution in [3.63, 3.8) is 0 Å². The zero-order chi connectivity index (χ0) is 9.97. The van der Waals surface area contributed by atoms with Crippen LogP contribution in [-0.4, -0.2) is 17.1 Å². The summed E-state index contributed by atoms with van der Waals surface area (Å²) in [5.74, 6) is 0.833. The minimum Gasteiger partial charge on any atom is -0.497 e. The molecule has 0 saturated carbocycles. The van der Waals surface area contributed by atoms with E-state index in [1.54, 1.807) is 19.6 Å². The predicted molar refractivity (Wildman–Crippen MR) is 58.3 cm³/mol. The lowest BCUT2D eigenvalue weighted by Crippen LogP contribution is -1.84. The maximum atomic E-state index is 5.11. The molecule has 2 aromatic rings. The van der Waals surface area contributed by atoms with Gasteiger partial charge in [-0.15, -0.1) is 0 Å². The van der Waals surface area contributed by atoms with E-state index in [1.807, 2.05) is 18.2 Å². The lowest BCUT2D eigenvalue weighted by molar-refractivity contribution is 0.414. The zero-order valence-electron chi connectivity index (χ0n) is 7.62. The van der Waals surface area contributed by atoms with E-state index >= 15 is 0 Å². The van der Waals surface area contributed by atoms with Crippen LogP contribution in [0.15, 0.2) is 35.2 Å². The Balaban J connectivity index is 2.46. The number of hydrogen-bond acceptors (Lipinski definition) is 2. The summed E-state index contributed by atoms with van der Waals surface area (Å²) in [4.78, 5) is 7.02. The molecule has 0 unspecified atom stereocenters. The summed E-state index contributed by atoms with van der Waals surface area (Å²) in [6.45, 7) is 0. The van der Waals surface area contributed by atoms with Gasteiger partial charge in [-0.05, 0) is 34.1 Å². The van der Waals surface area contributed by atoms with Gasteiger partial charge in [0.25, 0.3) is 0 Å². The van der Waals surface area contributed by atoms with Crippen LogP contribution in [0.25, 0.3) is 11.3 Å². The van der Waals surface area contributed by atoms with E-state index in [4.69, 9.17) is 4.74 Å². The molecule has 1 aromatic carbocycles. The number of hydrogen-bond donors (Lipinski definition) is 1. The number of nitrogens with one attached hydrogen (secondary N) is 1. The Morgan fingerprint density at radius 2 is 2.29 bits per heavy atom. The molecule has 14 heavy (non-hydrogen) atoms. The van der Waals surface area contributed by atoms with Crippen LogP contribution >= 0.6 is 15.9 Å². The first-order valence-electron chi connectivity index (χ1n) is 4.13. The summed E-state index contributed by atoms with van der Waals surface area (Å²) < 4.78 is 6.10. The first kappa shape index (κ1) is 9.27. The van der Waals surface area contributed by atoms with E-state index in [0.717, 1.165) is 21.5 Å². The summed E-state index contributed by atoms with van der Waals surface area (Å²) in [6, 6.07) is 5.83. The summed E-state index contributed by atoms with van der Waals surface area (Å²) in [7, 11) is 1.65. The number of aromatic nitrogens is 2. The molecule has 1 aromatic heterocycles. The van der Waals surface area contributed by atoms with E-state index in [1.165, 1.54) is 0 Å². The first-order valence-corrected chi connectivity index (χ1v) is 4.93. The number of ether oxygens (including phenoxy) is 1. The van der Waals surface area contributed by atoms with Crippen molar-refractivity contribution in [3.05, 3.63) is 35.2 Å². The highest BCUT2D eigenvalue weighted by molar-refractivity contribution is 9.10. The fraction of sp³-hybridized carbons (Fsp3) is 0.100. The average molecular weight is 253 g/mol. The van der Waals surface area contributed by atoms with Crippen LogP contribution in [0.4, 0.5) is 0 Å². The summed E-state index contributed by atoms with van der Waals surface area (Å²) in [6.07, 6.45) is 3.44. The number of methoxy groups -OCH3 is 1. The second-order valence-corrected chi connectivity index (χ2v) is 3.67. The summed E-state index contributed by atoms with van der Waals surface area (Å²) >= 11 is 3.48. The molecule has 0 atom stereocenters. The third-order valence-corrected chi connectivity index (χ3v) is 2.62. The Labute approximate surface area is 90.3 Å². The molecule has 4 heteroatoms. The van der Waals surface area contributed by atoms with Crippen molar-refractivity contribution >= 4 is 15.9 Å².